The summed E-state index contributed by atoms with van der Waals surface area (Å²) in [5.74, 6) is 0.856. The fraction of sp³-hybridized carbons (Fsp3) is 1.00. The number of hydrogen-bond acceptors (Lipinski definition) is 1. The van der Waals surface area contributed by atoms with E-state index in [9.17, 15) is 0 Å². The molecule has 1 aliphatic rings. The number of rotatable bonds is 2. The highest BCUT2D eigenvalue weighted by molar-refractivity contribution is 9.09. The van der Waals surface area contributed by atoms with Gasteiger partial charge in [-0.3, -0.25) is 0 Å². The molecule has 0 aromatic rings. The summed E-state index contributed by atoms with van der Waals surface area (Å²) in [5, 5.41) is 0. The van der Waals surface area contributed by atoms with Crippen molar-refractivity contribution >= 4 is 15.9 Å². The van der Waals surface area contributed by atoms with Gasteiger partial charge in [0.15, 0.2) is 0 Å². The van der Waals surface area contributed by atoms with Crippen molar-refractivity contribution in [3.8, 4) is 0 Å². The molecular formula is C7H13BrO. The third-order valence-electron chi connectivity index (χ3n) is 2.11. The molecule has 0 radical (unpaired) electrons. The van der Waals surface area contributed by atoms with Crippen molar-refractivity contribution in [2.24, 2.45) is 5.92 Å². The van der Waals surface area contributed by atoms with Gasteiger partial charge >= 0.3 is 0 Å². The maximum Gasteiger partial charge on any atom is 0.0577 e. The fourth-order valence-corrected chi connectivity index (χ4v) is 1.61. The predicted molar refractivity (Wildman–Crippen MR) is 41.9 cm³/mol. The Kier molecular flexibility index (Phi) is 2.53. The number of halogens is 1. The first kappa shape index (κ1) is 7.55. The molecule has 0 saturated heterocycles. The van der Waals surface area contributed by atoms with Gasteiger partial charge in [-0.2, -0.15) is 0 Å². The minimum atomic E-state index is 0.551. The summed E-state index contributed by atoms with van der Waals surface area (Å²) in [6, 6.07) is 0. The maximum absolute atomic E-state index is 5.15. The molecule has 0 aromatic heterocycles. The monoisotopic (exact) mass is 192 g/mol. The Morgan fingerprint density at radius 1 is 1.56 bits per heavy atom. The van der Waals surface area contributed by atoms with E-state index in [2.05, 4.69) is 22.9 Å². The largest absolute Gasteiger partial charge is 0.381 e. The van der Waals surface area contributed by atoms with E-state index in [0.29, 0.717) is 10.9 Å². The standard InChI is InChI=1S/C7H13BrO/c1-5(8)6-3-7(4-6)9-2/h5-7H,3-4H2,1-2H3. The molecule has 0 aromatic carbocycles. The van der Waals surface area contributed by atoms with Crippen molar-refractivity contribution in [3.63, 3.8) is 0 Å². The van der Waals surface area contributed by atoms with Crippen molar-refractivity contribution in [1.82, 2.24) is 0 Å². The summed E-state index contributed by atoms with van der Waals surface area (Å²) in [4.78, 5) is 0.670. The van der Waals surface area contributed by atoms with E-state index in [1.54, 1.807) is 7.11 Å². The molecule has 0 aliphatic heterocycles. The van der Waals surface area contributed by atoms with Crippen LogP contribution in [0.5, 0.6) is 0 Å². The van der Waals surface area contributed by atoms with Crippen LogP contribution >= 0.6 is 15.9 Å². The normalized spacial score (nSPS) is 37.7. The smallest absolute Gasteiger partial charge is 0.0577 e. The first-order chi connectivity index (χ1) is 4.24. The van der Waals surface area contributed by atoms with E-state index < -0.39 is 0 Å². The van der Waals surface area contributed by atoms with Gasteiger partial charge in [-0.1, -0.05) is 22.9 Å². The van der Waals surface area contributed by atoms with Crippen molar-refractivity contribution in [2.45, 2.75) is 30.7 Å². The van der Waals surface area contributed by atoms with Gasteiger partial charge in [0, 0.05) is 11.9 Å². The molecule has 54 valence electrons. The first-order valence-electron chi connectivity index (χ1n) is 3.41. The minimum absolute atomic E-state index is 0.551. The van der Waals surface area contributed by atoms with Crippen LogP contribution in [0, 0.1) is 5.92 Å². The lowest BCUT2D eigenvalue weighted by atomic mass is 9.80. The Balaban J connectivity index is 2.12. The lowest BCUT2D eigenvalue weighted by molar-refractivity contribution is 0.00257. The molecule has 1 atom stereocenters. The van der Waals surface area contributed by atoms with Crippen LogP contribution in [0.3, 0.4) is 0 Å². The van der Waals surface area contributed by atoms with Crippen molar-refractivity contribution in [1.29, 1.82) is 0 Å². The molecule has 9 heavy (non-hydrogen) atoms. The average molecular weight is 193 g/mol. The zero-order valence-electron chi connectivity index (χ0n) is 5.93. The SMILES string of the molecule is COC1CC(C(C)Br)C1. The van der Waals surface area contributed by atoms with Gasteiger partial charge in [0.1, 0.15) is 0 Å². The Labute approximate surface area is 64.9 Å². The van der Waals surface area contributed by atoms with Crippen molar-refractivity contribution in [3.05, 3.63) is 0 Å². The summed E-state index contributed by atoms with van der Waals surface area (Å²) in [7, 11) is 1.79. The van der Waals surface area contributed by atoms with Crippen LogP contribution in [0.2, 0.25) is 0 Å². The van der Waals surface area contributed by atoms with Gasteiger partial charge in [0.2, 0.25) is 0 Å². The Morgan fingerprint density at radius 2 is 2.11 bits per heavy atom. The summed E-state index contributed by atoms with van der Waals surface area (Å²) in [6.45, 7) is 2.20. The second-order valence-electron chi connectivity index (χ2n) is 2.77. The van der Waals surface area contributed by atoms with Gasteiger partial charge in [-0.25, -0.2) is 0 Å². The molecule has 0 amide bonds. The van der Waals surface area contributed by atoms with Crippen LogP contribution in [0.15, 0.2) is 0 Å². The van der Waals surface area contributed by atoms with Crippen LogP contribution < -0.4 is 0 Å². The van der Waals surface area contributed by atoms with Crippen LogP contribution in [-0.4, -0.2) is 18.0 Å². The molecular weight excluding hydrogens is 180 g/mol. The fourth-order valence-electron chi connectivity index (χ4n) is 1.17. The van der Waals surface area contributed by atoms with Gasteiger partial charge in [0.25, 0.3) is 0 Å². The molecule has 0 N–H and O–H groups in total. The van der Waals surface area contributed by atoms with Crippen molar-refractivity contribution < 1.29 is 4.74 Å². The minimum Gasteiger partial charge on any atom is -0.381 e. The van der Waals surface area contributed by atoms with Crippen LogP contribution in [0.4, 0.5) is 0 Å². The summed E-state index contributed by atoms with van der Waals surface area (Å²) in [6.07, 6.45) is 3.03. The third kappa shape index (κ3) is 1.68. The number of hydrogen-bond donors (Lipinski definition) is 0. The van der Waals surface area contributed by atoms with E-state index in [-0.39, 0.29) is 0 Å². The van der Waals surface area contributed by atoms with Gasteiger partial charge < -0.3 is 4.74 Å². The number of methoxy groups -OCH3 is 1. The van der Waals surface area contributed by atoms with E-state index in [4.69, 9.17) is 4.74 Å². The van der Waals surface area contributed by atoms with Gasteiger partial charge in [0.05, 0.1) is 6.10 Å². The Hall–Kier alpha value is 0.440. The van der Waals surface area contributed by atoms with E-state index >= 15 is 0 Å². The molecule has 0 bridgehead atoms. The maximum atomic E-state index is 5.15. The number of alkyl halides is 1. The summed E-state index contributed by atoms with van der Waals surface area (Å²) >= 11 is 3.55. The second-order valence-corrected chi connectivity index (χ2v) is 4.21. The zero-order chi connectivity index (χ0) is 6.85. The highest BCUT2D eigenvalue weighted by Gasteiger charge is 2.31. The van der Waals surface area contributed by atoms with Crippen LogP contribution in [0.1, 0.15) is 19.8 Å². The Bertz CT molecular complexity index is 86.9. The van der Waals surface area contributed by atoms with E-state index in [0.717, 1.165) is 5.92 Å². The lowest BCUT2D eigenvalue weighted by Gasteiger charge is -2.35. The quantitative estimate of drug-likeness (QED) is 0.611. The molecule has 1 rings (SSSR count). The molecule has 0 spiro atoms. The summed E-state index contributed by atoms with van der Waals surface area (Å²) < 4.78 is 5.15. The molecule has 1 nitrogen and oxygen atoms in total. The van der Waals surface area contributed by atoms with E-state index in [1.165, 1.54) is 12.8 Å². The van der Waals surface area contributed by atoms with Crippen molar-refractivity contribution in [2.75, 3.05) is 7.11 Å². The van der Waals surface area contributed by atoms with Crippen LogP contribution in [0.25, 0.3) is 0 Å². The molecule has 1 fully saturated rings. The topological polar surface area (TPSA) is 9.23 Å². The molecule has 0 heterocycles. The highest BCUT2D eigenvalue weighted by atomic mass is 79.9. The first-order valence-corrected chi connectivity index (χ1v) is 4.32. The summed E-state index contributed by atoms with van der Waals surface area (Å²) in [5.41, 5.74) is 0. The average Bonchev–Trinajstić information content (AvgIpc) is 1.61. The Morgan fingerprint density at radius 3 is 2.44 bits per heavy atom. The molecule has 1 saturated carbocycles. The third-order valence-corrected chi connectivity index (χ3v) is 2.86. The van der Waals surface area contributed by atoms with Gasteiger partial charge in [-0.05, 0) is 18.8 Å². The zero-order valence-corrected chi connectivity index (χ0v) is 7.52. The molecule has 2 heteroatoms. The molecule has 1 aliphatic carbocycles. The number of ether oxygens (including phenoxy) is 1. The molecule has 1 unspecified atom stereocenters. The highest BCUT2D eigenvalue weighted by Crippen LogP contribution is 2.35. The second kappa shape index (κ2) is 3.02. The van der Waals surface area contributed by atoms with Gasteiger partial charge in [-0.15, -0.1) is 0 Å². The predicted octanol–water partition coefficient (Wildman–Crippen LogP) is 2.19. The lowest BCUT2D eigenvalue weighted by Crippen LogP contribution is -2.34. The van der Waals surface area contributed by atoms with Crippen LogP contribution in [-0.2, 0) is 4.74 Å². The van der Waals surface area contributed by atoms with E-state index in [1.807, 2.05) is 0 Å².